The summed E-state index contributed by atoms with van der Waals surface area (Å²) in [6, 6.07) is 58.1. The molecule has 0 heteroatoms. The van der Waals surface area contributed by atoms with E-state index in [4.69, 9.17) is 0 Å². The van der Waals surface area contributed by atoms with Gasteiger partial charge in [0.25, 0.3) is 0 Å². The molecule has 9 aromatic carbocycles. The zero-order valence-electron chi connectivity index (χ0n) is 23.0. The molecule has 0 bridgehead atoms. The number of rotatable bonds is 2. The molecule has 9 rings (SSSR count). The molecule has 0 fully saturated rings. The number of fused-ring (bicyclic) bond motifs is 10. The Morgan fingerprint density at radius 3 is 1.64 bits per heavy atom. The predicted molar refractivity (Wildman–Crippen MR) is 182 cm³/mol. The van der Waals surface area contributed by atoms with Crippen LogP contribution in [-0.2, 0) is 0 Å². The molecule has 0 heterocycles. The van der Waals surface area contributed by atoms with E-state index in [1.165, 1.54) is 86.9 Å². The van der Waals surface area contributed by atoms with Crippen LogP contribution in [0.2, 0.25) is 0 Å². The third kappa shape index (κ3) is 3.36. The van der Waals surface area contributed by atoms with Gasteiger partial charge in [-0.2, -0.15) is 0 Å². The summed E-state index contributed by atoms with van der Waals surface area (Å²) in [4.78, 5) is 0. The van der Waals surface area contributed by atoms with Crippen molar-refractivity contribution in [1.29, 1.82) is 0 Å². The fourth-order valence-corrected chi connectivity index (χ4v) is 7.14. The largest absolute Gasteiger partial charge is 0.0622 e. The van der Waals surface area contributed by atoms with Crippen LogP contribution < -0.4 is 0 Å². The van der Waals surface area contributed by atoms with Crippen molar-refractivity contribution in [3.05, 3.63) is 158 Å². The van der Waals surface area contributed by atoms with E-state index in [-0.39, 0.29) is 0 Å². The summed E-state index contributed by atoms with van der Waals surface area (Å²) < 4.78 is 0. The Morgan fingerprint density at radius 2 is 0.857 bits per heavy atom. The zero-order chi connectivity index (χ0) is 27.6. The molecule has 0 nitrogen and oxygen atoms in total. The minimum atomic E-state index is 1.24. The van der Waals surface area contributed by atoms with Gasteiger partial charge in [0.05, 0.1) is 0 Å². The highest BCUT2D eigenvalue weighted by molar-refractivity contribution is 6.34. The lowest BCUT2D eigenvalue weighted by Gasteiger charge is -2.19. The summed E-state index contributed by atoms with van der Waals surface area (Å²) in [7, 11) is 0. The molecular weight excluding hydrogens is 504 g/mol. The first kappa shape index (κ1) is 23.3. The van der Waals surface area contributed by atoms with Gasteiger partial charge < -0.3 is 0 Å². The van der Waals surface area contributed by atoms with E-state index in [0.29, 0.717) is 0 Å². The van der Waals surface area contributed by atoms with Crippen molar-refractivity contribution in [2.24, 2.45) is 0 Å². The van der Waals surface area contributed by atoms with Gasteiger partial charge in [-0.3, -0.25) is 0 Å². The summed E-state index contributed by atoms with van der Waals surface area (Å²) in [6.45, 7) is 0. The first-order valence-electron chi connectivity index (χ1n) is 14.6. The second kappa shape index (κ2) is 9.03. The molecule has 194 valence electrons. The van der Waals surface area contributed by atoms with Gasteiger partial charge in [-0.25, -0.2) is 0 Å². The highest BCUT2D eigenvalue weighted by Crippen LogP contribution is 2.46. The SMILES string of the molecule is c1ccc(-c2c(-c3cccc4c5ccccc5c5ccc6ccccc6c5c34)ccc3cc4ccccc4cc23)cc1. The topological polar surface area (TPSA) is 0 Å². The van der Waals surface area contributed by atoms with Crippen LogP contribution in [0.4, 0.5) is 0 Å². The van der Waals surface area contributed by atoms with Crippen molar-refractivity contribution in [1.82, 2.24) is 0 Å². The average Bonchev–Trinajstić information content (AvgIpc) is 3.06. The van der Waals surface area contributed by atoms with Crippen LogP contribution in [0, 0.1) is 0 Å². The highest BCUT2D eigenvalue weighted by atomic mass is 14.2. The van der Waals surface area contributed by atoms with Crippen LogP contribution in [0.25, 0.3) is 86.9 Å². The molecule has 0 saturated carbocycles. The maximum atomic E-state index is 2.38. The maximum Gasteiger partial charge on any atom is -0.00139 e. The van der Waals surface area contributed by atoms with Gasteiger partial charge in [-0.15, -0.1) is 0 Å². The first-order chi connectivity index (χ1) is 20.8. The van der Waals surface area contributed by atoms with E-state index < -0.39 is 0 Å². The van der Waals surface area contributed by atoms with Gasteiger partial charge in [0.15, 0.2) is 0 Å². The van der Waals surface area contributed by atoms with Crippen LogP contribution in [0.15, 0.2) is 158 Å². The molecule has 0 unspecified atom stereocenters. The summed E-state index contributed by atoms with van der Waals surface area (Å²) >= 11 is 0. The quantitative estimate of drug-likeness (QED) is 0.154. The molecule has 0 aromatic heterocycles. The fourth-order valence-electron chi connectivity index (χ4n) is 7.14. The van der Waals surface area contributed by atoms with Gasteiger partial charge in [0, 0.05) is 0 Å². The normalized spacial score (nSPS) is 11.8. The Bertz CT molecular complexity index is 2500. The molecule has 0 aliphatic heterocycles. The summed E-state index contributed by atoms with van der Waals surface area (Å²) in [5, 5.41) is 15.5. The van der Waals surface area contributed by atoms with Crippen molar-refractivity contribution in [2.45, 2.75) is 0 Å². The molecule has 0 atom stereocenters. The lowest BCUT2D eigenvalue weighted by molar-refractivity contribution is 1.64. The van der Waals surface area contributed by atoms with E-state index in [1.54, 1.807) is 0 Å². The minimum Gasteiger partial charge on any atom is -0.0622 e. The third-order valence-corrected chi connectivity index (χ3v) is 8.99. The molecular formula is C42H26. The third-order valence-electron chi connectivity index (χ3n) is 8.99. The second-order valence-electron chi connectivity index (χ2n) is 11.3. The average molecular weight is 531 g/mol. The van der Waals surface area contributed by atoms with Crippen molar-refractivity contribution in [3.63, 3.8) is 0 Å². The van der Waals surface area contributed by atoms with Gasteiger partial charge in [0.1, 0.15) is 0 Å². The fraction of sp³-hybridized carbons (Fsp3) is 0. The first-order valence-corrected chi connectivity index (χ1v) is 14.6. The van der Waals surface area contributed by atoms with Crippen molar-refractivity contribution in [2.75, 3.05) is 0 Å². The van der Waals surface area contributed by atoms with Crippen LogP contribution in [0.5, 0.6) is 0 Å². The molecule has 0 aliphatic rings. The highest BCUT2D eigenvalue weighted by Gasteiger charge is 2.19. The predicted octanol–water partition coefficient (Wildman–Crippen LogP) is 11.9. The maximum absolute atomic E-state index is 2.38. The Morgan fingerprint density at radius 1 is 0.262 bits per heavy atom. The molecule has 0 N–H and O–H groups in total. The zero-order valence-corrected chi connectivity index (χ0v) is 23.0. The van der Waals surface area contributed by atoms with Crippen LogP contribution in [0.1, 0.15) is 0 Å². The Kier molecular flexibility index (Phi) is 5.00. The van der Waals surface area contributed by atoms with Crippen LogP contribution in [0.3, 0.4) is 0 Å². The summed E-state index contributed by atoms with van der Waals surface area (Å²) in [6.07, 6.45) is 0. The molecule has 9 aromatic rings. The van der Waals surface area contributed by atoms with Gasteiger partial charge in [-0.1, -0.05) is 146 Å². The molecule has 0 spiro atoms. The monoisotopic (exact) mass is 530 g/mol. The lowest BCUT2D eigenvalue weighted by atomic mass is 9.84. The van der Waals surface area contributed by atoms with E-state index >= 15 is 0 Å². The molecule has 0 saturated heterocycles. The van der Waals surface area contributed by atoms with E-state index in [9.17, 15) is 0 Å². The van der Waals surface area contributed by atoms with Crippen LogP contribution >= 0.6 is 0 Å². The molecule has 0 aliphatic carbocycles. The number of hydrogen-bond acceptors (Lipinski definition) is 0. The number of benzene rings is 9. The number of hydrogen-bond donors (Lipinski definition) is 0. The van der Waals surface area contributed by atoms with Crippen LogP contribution in [-0.4, -0.2) is 0 Å². The van der Waals surface area contributed by atoms with E-state index in [2.05, 4.69) is 158 Å². The van der Waals surface area contributed by atoms with Crippen molar-refractivity contribution < 1.29 is 0 Å². The lowest BCUT2D eigenvalue weighted by Crippen LogP contribution is -1.92. The van der Waals surface area contributed by atoms with E-state index in [1.807, 2.05) is 0 Å². The van der Waals surface area contributed by atoms with Crippen molar-refractivity contribution in [3.8, 4) is 22.3 Å². The van der Waals surface area contributed by atoms with E-state index in [0.717, 1.165) is 0 Å². The standard InChI is InChI=1S/C42H26/c1-2-12-28(13-3-1)40-38(24-22-31-25-29-14-4-5-15-30(29)26-39(31)40)36-20-10-19-35-33-17-8-9-18-34(33)37-23-21-27-11-6-7-16-32(27)41(37)42(35)36/h1-26H. The Labute approximate surface area is 244 Å². The van der Waals surface area contributed by atoms with Gasteiger partial charge in [-0.05, 0) is 99.0 Å². The second-order valence-corrected chi connectivity index (χ2v) is 11.3. The van der Waals surface area contributed by atoms with Gasteiger partial charge in [0.2, 0.25) is 0 Å². The Hall–Kier alpha value is -5.46. The molecule has 0 amide bonds. The Balaban J connectivity index is 1.52. The molecule has 42 heavy (non-hydrogen) atoms. The van der Waals surface area contributed by atoms with Crippen molar-refractivity contribution >= 4 is 64.6 Å². The summed E-state index contributed by atoms with van der Waals surface area (Å²) in [5.74, 6) is 0. The smallest absolute Gasteiger partial charge is 0.00139 e. The minimum absolute atomic E-state index is 1.24. The van der Waals surface area contributed by atoms with Gasteiger partial charge >= 0.3 is 0 Å². The molecule has 0 radical (unpaired) electrons. The summed E-state index contributed by atoms with van der Waals surface area (Å²) in [5.41, 5.74) is 5.06.